The van der Waals surface area contributed by atoms with Crippen LogP contribution in [0.1, 0.15) is 38.8 Å². The van der Waals surface area contributed by atoms with Crippen LogP contribution in [-0.4, -0.2) is 47.4 Å². The number of fused-ring (bicyclic) bond motifs is 4. The Bertz CT molecular complexity index is 1920. The molecule has 1 aromatic heterocycles. The molecule has 4 aromatic carbocycles. The molecule has 0 spiro atoms. The van der Waals surface area contributed by atoms with Crippen molar-refractivity contribution in [3.63, 3.8) is 0 Å². The minimum Gasteiger partial charge on any atom is -0.497 e. The first kappa shape index (κ1) is 27.4. The molecular weight excluding hydrogens is 559 g/mol. The highest BCUT2D eigenvalue weighted by Gasteiger charge is 2.53. The third-order valence-corrected chi connectivity index (χ3v) is 8.48. The number of anilines is 1. The van der Waals surface area contributed by atoms with Gasteiger partial charge in [0.15, 0.2) is 0 Å². The number of aromatic amines is 1. The van der Waals surface area contributed by atoms with Crippen molar-refractivity contribution in [2.24, 2.45) is 0 Å². The summed E-state index contributed by atoms with van der Waals surface area (Å²) < 4.78 is 19.4. The lowest BCUT2D eigenvalue weighted by molar-refractivity contribution is -0.120. The molecule has 0 saturated carbocycles. The van der Waals surface area contributed by atoms with Crippen molar-refractivity contribution >= 4 is 34.4 Å². The number of halogens is 1. The Morgan fingerprint density at radius 2 is 1.75 bits per heavy atom. The fourth-order valence-electron chi connectivity index (χ4n) is 6.35. The number of para-hydroxylation sites is 1. The molecule has 220 valence electrons. The van der Waals surface area contributed by atoms with Crippen LogP contribution >= 0.6 is 0 Å². The molecule has 0 bridgehead atoms. The van der Waals surface area contributed by atoms with Gasteiger partial charge in [0.2, 0.25) is 0 Å². The van der Waals surface area contributed by atoms with Gasteiger partial charge in [-0.05, 0) is 71.6 Å². The van der Waals surface area contributed by atoms with Crippen LogP contribution in [0, 0.1) is 5.82 Å². The summed E-state index contributed by atoms with van der Waals surface area (Å²) in [7, 11) is 1.59. The Kier molecular flexibility index (Phi) is 6.85. The lowest BCUT2D eigenvalue weighted by Gasteiger charge is -2.36. The van der Waals surface area contributed by atoms with Crippen LogP contribution in [0.15, 0.2) is 97.1 Å². The number of urea groups is 1. The number of rotatable bonds is 7. The van der Waals surface area contributed by atoms with Gasteiger partial charge in [-0.3, -0.25) is 14.5 Å². The standard InChI is InChI=1S/C35H29FN4O4/c1-44-25-9-6-8-23(19-25)32-31-27(26-10-3-5-12-29(26)38-31)20-30-34(42)39(35(43)40(30)32)24-15-13-22(14-16-24)33(41)37-18-17-21-7-2-4-11-28(21)36/h2-16,19,30,32,38H,17-18,20H2,1H3,(H,37,41). The molecule has 2 atom stereocenters. The van der Waals surface area contributed by atoms with Crippen LogP contribution in [0.3, 0.4) is 0 Å². The van der Waals surface area contributed by atoms with Crippen molar-refractivity contribution < 1.29 is 23.5 Å². The molecule has 4 amide bonds. The second-order valence-corrected chi connectivity index (χ2v) is 11.0. The molecule has 1 saturated heterocycles. The number of H-pyrrole nitrogens is 1. The summed E-state index contributed by atoms with van der Waals surface area (Å²) in [6, 6.07) is 26.7. The first-order valence-electron chi connectivity index (χ1n) is 14.5. The number of nitrogens with one attached hydrogen (secondary N) is 2. The smallest absolute Gasteiger partial charge is 0.332 e. The lowest BCUT2D eigenvalue weighted by Crippen LogP contribution is -2.44. The van der Waals surface area contributed by atoms with Crippen molar-refractivity contribution in [1.82, 2.24) is 15.2 Å². The minimum atomic E-state index is -0.702. The highest BCUT2D eigenvalue weighted by atomic mass is 19.1. The molecule has 9 heteroatoms. The van der Waals surface area contributed by atoms with Crippen LogP contribution in [0.5, 0.6) is 5.75 Å². The number of benzene rings is 4. The van der Waals surface area contributed by atoms with Crippen molar-refractivity contribution in [1.29, 1.82) is 0 Å². The zero-order valence-corrected chi connectivity index (χ0v) is 23.9. The van der Waals surface area contributed by atoms with Gasteiger partial charge >= 0.3 is 6.03 Å². The largest absolute Gasteiger partial charge is 0.497 e. The van der Waals surface area contributed by atoms with Gasteiger partial charge in [0.05, 0.1) is 12.8 Å². The molecule has 1 fully saturated rings. The molecule has 2 unspecified atom stereocenters. The topological polar surface area (TPSA) is 94.7 Å². The molecule has 2 aliphatic heterocycles. The Labute approximate surface area is 253 Å². The number of ether oxygens (including phenoxy) is 1. The molecular formula is C35H29FN4O4. The SMILES string of the molecule is COc1cccc(C2c3[nH]c4ccccc4c3CC3C(=O)N(c4ccc(C(=O)NCCc5ccccc5F)cc4)C(=O)N32)c1. The van der Waals surface area contributed by atoms with E-state index in [9.17, 15) is 18.8 Å². The average molecular weight is 589 g/mol. The molecule has 8 nitrogen and oxygen atoms in total. The Morgan fingerprint density at radius 1 is 0.977 bits per heavy atom. The summed E-state index contributed by atoms with van der Waals surface area (Å²) in [5, 5.41) is 3.83. The summed E-state index contributed by atoms with van der Waals surface area (Å²) in [6.45, 7) is 0.266. The van der Waals surface area contributed by atoms with E-state index >= 15 is 0 Å². The summed E-state index contributed by atoms with van der Waals surface area (Å²) >= 11 is 0. The number of carbonyl (C=O) groups excluding carboxylic acids is 3. The maximum atomic E-state index is 14.1. The summed E-state index contributed by atoms with van der Waals surface area (Å²) in [5.74, 6) is -0.301. The monoisotopic (exact) mass is 588 g/mol. The van der Waals surface area contributed by atoms with Crippen molar-refractivity contribution in [2.75, 3.05) is 18.6 Å². The zero-order chi connectivity index (χ0) is 30.4. The molecule has 5 aromatic rings. The van der Waals surface area contributed by atoms with E-state index in [1.165, 1.54) is 11.0 Å². The van der Waals surface area contributed by atoms with Gasteiger partial charge in [-0.2, -0.15) is 0 Å². The van der Waals surface area contributed by atoms with E-state index < -0.39 is 18.1 Å². The van der Waals surface area contributed by atoms with E-state index in [4.69, 9.17) is 4.74 Å². The van der Waals surface area contributed by atoms with Crippen LogP contribution in [0.4, 0.5) is 14.9 Å². The van der Waals surface area contributed by atoms with Crippen molar-refractivity contribution in [3.05, 3.63) is 131 Å². The Morgan fingerprint density at radius 3 is 2.55 bits per heavy atom. The first-order valence-corrected chi connectivity index (χ1v) is 14.5. The predicted molar refractivity (Wildman–Crippen MR) is 164 cm³/mol. The van der Waals surface area contributed by atoms with E-state index in [1.807, 2.05) is 48.5 Å². The summed E-state index contributed by atoms with van der Waals surface area (Å²) in [4.78, 5) is 47.2. The fraction of sp³-hybridized carbons (Fsp3) is 0.171. The molecule has 2 N–H and O–H groups in total. The number of imide groups is 1. The zero-order valence-electron chi connectivity index (χ0n) is 23.9. The third-order valence-electron chi connectivity index (χ3n) is 8.48. The molecule has 2 aliphatic rings. The molecule has 0 aliphatic carbocycles. The predicted octanol–water partition coefficient (Wildman–Crippen LogP) is 5.77. The number of methoxy groups -OCH3 is 1. The number of aromatic nitrogens is 1. The maximum absolute atomic E-state index is 14.1. The van der Waals surface area contributed by atoms with Gasteiger partial charge in [0, 0.05) is 35.1 Å². The van der Waals surface area contributed by atoms with Crippen molar-refractivity contribution in [2.45, 2.75) is 24.9 Å². The Hall–Kier alpha value is -5.44. The van der Waals surface area contributed by atoms with Gasteiger partial charge in [-0.15, -0.1) is 0 Å². The molecule has 44 heavy (non-hydrogen) atoms. The fourth-order valence-corrected chi connectivity index (χ4v) is 6.35. The number of hydrogen-bond acceptors (Lipinski definition) is 4. The highest BCUT2D eigenvalue weighted by molar-refractivity contribution is 6.22. The van der Waals surface area contributed by atoms with Gasteiger partial charge in [0.1, 0.15) is 23.7 Å². The number of amides is 4. The summed E-state index contributed by atoms with van der Waals surface area (Å²) in [5.41, 5.74) is 4.95. The van der Waals surface area contributed by atoms with E-state index in [-0.39, 0.29) is 24.2 Å². The number of hydrogen-bond donors (Lipinski definition) is 2. The third kappa shape index (κ3) is 4.57. The van der Waals surface area contributed by atoms with E-state index in [0.29, 0.717) is 35.4 Å². The van der Waals surface area contributed by atoms with Crippen molar-refractivity contribution in [3.8, 4) is 5.75 Å². The second kappa shape index (κ2) is 11.0. The highest BCUT2D eigenvalue weighted by Crippen LogP contribution is 2.45. The van der Waals surface area contributed by atoms with Gasteiger partial charge in [-0.1, -0.05) is 48.5 Å². The second-order valence-electron chi connectivity index (χ2n) is 11.0. The van der Waals surface area contributed by atoms with Crippen LogP contribution < -0.4 is 15.0 Å². The summed E-state index contributed by atoms with van der Waals surface area (Å²) in [6.07, 6.45) is 0.736. The molecule has 3 heterocycles. The molecule has 0 radical (unpaired) electrons. The van der Waals surface area contributed by atoms with Gasteiger partial charge < -0.3 is 15.0 Å². The van der Waals surface area contributed by atoms with E-state index in [1.54, 1.807) is 54.5 Å². The van der Waals surface area contributed by atoms with E-state index in [0.717, 1.165) is 27.7 Å². The first-order chi connectivity index (χ1) is 21.4. The lowest BCUT2D eigenvalue weighted by atomic mass is 9.89. The van der Waals surface area contributed by atoms with Crippen LogP contribution in [-0.2, 0) is 17.6 Å². The van der Waals surface area contributed by atoms with Gasteiger partial charge in [-0.25, -0.2) is 14.1 Å². The number of carbonyl (C=O) groups is 3. The van der Waals surface area contributed by atoms with Crippen LogP contribution in [0.25, 0.3) is 10.9 Å². The Balaban J connectivity index is 1.16. The average Bonchev–Trinajstić information content (AvgIpc) is 3.54. The normalized spacial score (nSPS) is 17.5. The maximum Gasteiger partial charge on any atom is 0.332 e. The quantitative estimate of drug-likeness (QED) is 0.236. The van der Waals surface area contributed by atoms with E-state index in [2.05, 4.69) is 10.3 Å². The minimum absolute atomic E-state index is 0.266. The van der Waals surface area contributed by atoms with Crippen LogP contribution in [0.2, 0.25) is 0 Å². The molecule has 7 rings (SSSR count). The number of nitrogens with zero attached hydrogens (tertiary/aromatic N) is 2. The van der Waals surface area contributed by atoms with Gasteiger partial charge in [0.25, 0.3) is 11.8 Å².